The summed E-state index contributed by atoms with van der Waals surface area (Å²) < 4.78 is 27.5. The number of carbonyl (C=O) groups is 1. The van der Waals surface area contributed by atoms with Crippen LogP contribution in [0, 0.1) is 6.92 Å². The van der Waals surface area contributed by atoms with Gasteiger partial charge in [-0.25, -0.2) is 17.7 Å². The van der Waals surface area contributed by atoms with Crippen LogP contribution in [0.15, 0.2) is 35.5 Å². The van der Waals surface area contributed by atoms with Crippen LogP contribution in [-0.2, 0) is 10.0 Å². The summed E-state index contributed by atoms with van der Waals surface area (Å²) in [5, 5.41) is 2.74. The molecule has 0 unspecified atom stereocenters. The number of carbonyl (C=O) groups excluding carboxylic acids is 1. The predicted octanol–water partition coefficient (Wildman–Crippen LogP) is 2.28. The Kier molecular flexibility index (Phi) is 5.10. The molecule has 0 saturated heterocycles. The molecule has 1 amide bonds. The van der Waals surface area contributed by atoms with Gasteiger partial charge in [-0.05, 0) is 38.5 Å². The van der Waals surface area contributed by atoms with E-state index in [4.69, 9.17) is 0 Å². The molecular weight excluding hydrogens is 328 g/mol. The highest BCUT2D eigenvalue weighted by Gasteiger charge is 2.21. The van der Waals surface area contributed by atoms with Gasteiger partial charge in [-0.15, -0.1) is 0 Å². The molecule has 1 aromatic heterocycles. The van der Waals surface area contributed by atoms with Crippen LogP contribution in [0.2, 0.25) is 0 Å². The Labute approximate surface area is 142 Å². The lowest BCUT2D eigenvalue weighted by Gasteiger charge is -2.15. The molecule has 1 heterocycles. The van der Waals surface area contributed by atoms with E-state index in [1.807, 2.05) is 18.4 Å². The standard InChI is InChI=1S/C16H22N4O3S/c1-11(2)20-9-8-17-16(20)18-15(21)14-10-13(7-6-12(14)3)24(22,23)19(4)5/h6-11H,1-5H3,(H,17,18,21). The van der Waals surface area contributed by atoms with Crippen molar-refractivity contribution in [2.45, 2.75) is 31.7 Å². The number of anilines is 1. The van der Waals surface area contributed by atoms with E-state index in [9.17, 15) is 13.2 Å². The molecule has 0 aliphatic rings. The number of hydrogen-bond donors (Lipinski definition) is 1. The summed E-state index contributed by atoms with van der Waals surface area (Å²) in [7, 11) is -0.695. The van der Waals surface area contributed by atoms with Crippen molar-refractivity contribution < 1.29 is 13.2 Å². The molecule has 2 aromatic rings. The zero-order chi connectivity index (χ0) is 18.1. The summed E-state index contributed by atoms with van der Waals surface area (Å²) in [6, 6.07) is 4.66. The minimum atomic E-state index is -3.60. The van der Waals surface area contributed by atoms with E-state index in [2.05, 4.69) is 10.3 Å². The van der Waals surface area contributed by atoms with Gasteiger partial charge in [0.1, 0.15) is 0 Å². The van der Waals surface area contributed by atoms with Crippen LogP contribution in [0.1, 0.15) is 35.8 Å². The fourth-order valence-corrected chi connectivity index (χ4v) is 3.14. The number of rotatable bonds is 5. The smallest absolute Gasteiger partial charge is 0.258 e. The number of aromatic nitrogens is 2. The average molecular weight is 350 g/mol. The zero-order valence-electron chi connectivity index (χ0n) is 14.4. The van der Waals surface area contributed by atoms with Crippen molar-refractivity contribution in [2.24, 2.45) is 0 Å². The summed E-state index contributed by atoms with van der Waals surface area (Å²) in [4.78, 5) is 16.8. The third-order valence-electron chi connectivity index (χ3n) is 3.68. The van der Waals surface area contributed by atoms with Crippen molar-refractivity contribution in [3.63, 3.8) is 0 Å². The molecule has 130 valence electrons. The zero-order valence-corrected chi connectivity index (χ0v) is 15.3. The molecule has 0 fully saturated rings. The van der Waals surface area contributed by atoms with Gasteiger partial charge in [0.25, 0.3) is 5.91 Å². The lowest BCUT2D eigenvalue weighted by atomic mass is 10.1. The molecule has 0 atom stereocenters. The van der Waals surface area contributed by atoms with Crippen molar-refractivity contribution in [2.75, 3.05) is 19.4 Å². The highest BCUT2D eigenvalue weighted by atomic mass is 32.2. The second-order valence-corrected chi connectivity index (χ2v) is 8.12. The first-order valence-corrected chi connectivity index (χ1v) is 8.96. The van der Waals surface area contributed by atoms with Crippen molar-refractivity contribution >= 4 is 21.9 Å². The SMILES string of the molecule is Cc1ccc(S(=O)(=O)N(C)C)cc1C(=O)Nc1nccn1C(C)C. The Morgan fingerprint density at radius 2 is 1.96 bits per heavy atom. The quantitative estimate of drug-likeness (QED) is 0.896. The van der Waals surface area contributed by atoms with Crippen LogP contribution >= 0.6 is 0 Å². The molecule has 0 saturated carbocycles. The van der Waals surface area contributed by atoms with Gasteiger partial charge in [0.15, 0.2) is 0 Å². The molecular formula is C16H22N4O3S. The van der Waals surface area contributed by atoms with Crippen molar-refractivity contribution in [3.05, 3.63) is 41.7 Å². The van der Waals surface area contributed by atoms with Crippen molar-refractivity contribution in [1.29, 1.82) is 0 Å². The first-order chi connectivity index (χ1) is 11.1. The summed E-state index contributed by atoms with van der Waals surface area (Å²) in [6.45, 7) is 5.72. The molecule has 2 rings (SSSR count). The Morgan fingerprint density at radius 1 is 1.29 bits per heavy atom. The topological polar surface area (TPSA) is 84.3 Å². The van der Waals surface area contributed by atoms with Crippen LogP contribution in [0.4, 0.5) is 5.95 Å². The van der Waals surface area contributed by atoms with E-state index in [-0.39, 0.29) is 10.9 Å². The van der Waals surface area contributed by atoms with Gasteiger partial charge >= 0.3 is 0 Å². The van der Waals surface area contributed by atoms with E-state index in [1.165, 1.54) is 26.2 Å². The van der Waals surface area contributed by atoms with Crippen LogP contribution < -0.4 is 5.32 Å². The van der Waals surface area contributed by atoms with E-state index in [1.54, 1.807) is 25.4 Å². The number of benzene rings is 1. The Bertz CT molecular complexity index is 854. The molecule has 0 aliphatic carbocycles. The molecule has 0 spiro atoms. The van der Waals surface area contributed by atoms with Gasteiger partial charge in [-0.1, -0.05) is 6.07 Å². The van der Waals surface area contributed by atoms with E-state index in [0.717, 1.165) is 4.31 Å². The third kappa shape index (κ3) is 3.49. The maximum atomic E-state index is 12.6. The monoisotopic (exact) mass is 350 g/mol. The summed E-state index contributed by atoms with van der Waals surface area (Å²) in [5.41, 5.74) is 0.990. The first kappa shape index (κ1) is 18.2. The summed E-state index contributed by atoms with van der Waals surface area (Å²) in [5.74, 6) is 0.0340. The maximum absolute atomic E-state index is 12.6. The molecule has 0 bridgehead atoms. The van der Waals surface area contributed by atoms with Gasteiger partial charge < -0.3 is 4.57 Å². The van der Waals surface area contributed by atoms with Gasteiger partial charge in [0.2, 0.25) is 16.0 Å². The summed E-state index contributed by atoms with van der Waals surface area (Å²) in [6.07, 6.45) is 3.38. The number of nitrogens with zero attached hydrogens (tertiary/aromatic N) is 3. The number of nitrogens with one attached hydrogen (secondary N) is 1. The molecule has 1 N–H and O–H groups in total. The normalized spacial score (nSPS) is 12.0. The fraction of sp³-hybridized carbons (Fsp3) is 0.375. The number of sulfonamides is 1. The Morgan fingerprint density at radius 3 is 2.54 bits per heavy atom. The predicted molar refractivity (Wildman–Crippen MR) is 92.6 cm³/mol. The highest BCUT2D eigenvalue weighted by molar-refractivity contribution is 7.89. The maximum Gasteiger partial charge on any atom is 0.258 e. The second-order valence-electron chi connectivity index (χ2n) is 5.97. The van der Waals surface area contributed by atoms with Crippen molar-refractivity contribution in [3.8, 4) is 0 Å². The van der Waals surface area contributed by atoms with E-state index in [0.29, 0.717) is 17.1 Å². The molecule has 1 aromatic carbocycles. The number of hydrogen-bond acceptors (Lipinski definition) is 4. The lowest BCUT2D eigenvalue weighted by Crippen LogP contribution is -2.23. The second kappa shape index (κ2) is 6.74. The van der Waals surface area contributed by atoms with E-state index >= 15 is 0 Å². The minimum absolute atomic E-state index is 0.0791. The van der Waals surface area contributed by atoms with Crippen LogP contribution in [0.3, 0.4) is 0 Å². The molecule has 24 heavy (non-hydrogen) atoms. The number of imidazole rings is 1. The largest absolute Gasteiger partial charge is 0.315 e. The van der Waals surface area contributed by atoms with Crippen LogP contribution in [0.5, 0.6) is 0 Å². The van der Waals surface area contributed by atoms with Gasteiger partial charge in [0.05, 0.1) is 4.90 Å². The molecule has 8 heteroatoms. The fourth-order valence-electron chi connectivity index (χ4n) is 2.21. The Hall–Kier alpha value is -2.19. The average Bonchev–Trinajstić information content (AvgIpc) is 2.95. The molecule has 0 radical (unpaired) electrons. The Balaban J connectivity index is 2.38. The molecule has 7 nitrogen and oxygen atoms in total. The van der Waals surface area contributed by atoms with Crippen LogP contribution in [0.25, 0.3) is 0 Å². The van der Waals surface area contributed by atoms with Gasteiger partial charge in [-0.3, -0.25) is 10.1 Å². The molecule has 0 aliphatic heterocycles. The first-order valence-electron chi connectivity index (χ1n) is 7.52. The van der Waals surface area contributed by atoms with Crippen molar-refractivity contribution in [1.82, 2.24) is 13.9 Å². The van der Waals surface area contributed by atoms with Gasteiger partial charge in [0, 0.05) is 38.1 Å². The van der Waals surface area contributed by atoms with E-state index < -0.39 is 15.9 Å². The summed E-state index contributed by atoms with van der Waals surface area (Å²) >= 11 is 0. The third-order valence-corrected chi connectivity index (χ3v) is 5.49. The number of aryl methyl sites for hydroxylation is 1. The van der Waals surface area contributed by atoms with Gasteiger partial charge in [-0.2, -0.15) is 0 Å². The number of amides is 1. The highest BCUT2D eigenvalue weighted by Crippen LogP contribution is 2.20. The van der Waals surface area contributed by atoms with Crippen LogP contribution in [-0.4, -0.2) is 42.3 Å². The lowest BCUT2D eigenvalue weighted by molar-refractivity contribution is 0.102. The minimum Gasteiger partial charge on any atom is -0.315 e.